The molecule has 8 heteroatoms. The molecule has 3 N–H and O–H groups in total. The van der Waals surface area contributed by atoms with E-state index in [4.69, 9.17) is 5.73 Å². The van der Waals surface area contributed by atoms with E-state index in [1.807, 2.05) is 0 Å². The predicted molar refractivity (Wildman–Crippen MR) is 96.3 cm³/mol. The Hall–Kier alpha value is -2.90. The highest BCUT2D eigenvalue weighted by Gasteiger charge is 2.41. The summed E-state index contributed by atoms with van der Waals surface area (Å²) in [6.45, 7) is 3.01. The number of nitrogens with zero attached hydrogens (tertiary/aromatic N) is 2. The summed E-state index contributed by atoms with van der Waals surface area (Å²) in [5, 5.41) is 2.58. The molecule has 0 fully saturated rings. The summed E-state index contributed by atoms with van der Waals surface area (Å²) in [5.41, 5.74) is 3.48. The molecule has 0 spiro atoms. The van der Waals surface area contributed by atoms with Gasteiger partial charge in [0, 0.05) is 11.3 Å². The van der Waals surface area contributed by atoms with Crippen LogP contribution in [0.15, 0.2) is 41.5 Å². The van der Waals surface area contributed by atoms with Crippen LogP contribution in [0.2, 0.25) is 0 Å². The molecule has 0 unspecified atom stereocenters. The van der Waals surface area contributed by atoms with Gasteiger partial charge in [-0.3, -0.25) is 9.79 Å². The summed E-state index contributed by atoms with van der Waals surface area (Å²) < 4.78 is 41.6. The second-order valence-electron chi connectivity index (χ2n) is 6.98. The number of nitrogens with two attached hydrogens (primary N) is 1. The smallest absolute Gasteiger partial charge is 0.274 e. The number of aromatic nitrogens is 1. The highest BCUT2D eigenvalue weighted by atomic mass is 19.1. The Morgan fingerprint density at radius 3 is 2.56 bits per heavy atom. The molecule has 0 saturated carbocycles. The summed E-state index contributed by atoms with van der Waals surface area (Å²) in [7, 11) is 0. The first-order valence-corrected chi connectivity index (χ1v) is 8.38. The van der Waals surface area contributed by atoms with Crippen molar-refractivity contribution in [3.8, 4) is 0 Å². The minimum atomic E-state index is -1.73. The Balaban J connectivity index is 1.90. The number of nitrogens with one attached hydrogen (secondary N) is 1. The van der Waals surface area contributed by atoms with E-state index in [0.29, 0.717) is 5.69 Å². The number of amides is 1. The maximum atomic E-state index is 14.5. The fraction of sp³-hybridized carbons (Fsp3) is 0.316. The van der Waals surface area contributed by atoms with Crippen LogP contribution >= 0.6 is 0 Å². The third-order valence-corrected chi connectivity index (χ3v) is 4.75. The molecule has 27 heavy (non-hydrogen) atoms. The third kappa shape index (κ3) is 3.79. The standard InChI is InChI=1S/C19H19F3N4O/c1-18(22)7-8-19(2,26-17(18)23)13-9-12(4-5-14(13)21)25-16(27)15-6-3-11(20)10-24-15/h3-6,9-10H,7-8H2,1-2H3,(H2,23,26)(H,25,27)/t18-,19-/m0/s1. The molecule has 2 heterocycles. The number of aliphatic imine (C=N–C) groups is 1. The zero-order valence-electron chi connectivity index (χ0n) is 14.9. The van der Waals surface area contributed by atoms with E-state index in [1.54, 1.807) is 6.92 Å². The molecular formula is C19H19F3N4O. The van der Waals surface area contributed by atoms with Crippen LogP contribution < -0.4 is 11.1 Å². The zero-order chi connectivity index (χ0) is 19.8. The first-order chi connectivity index (χ1) is 12.6. The van der Waals surface area contributed by atoms with Crippen molar-refractivity contribution in [3.63, 3.8) is 0 Å². The summed E-state index contributed by atoms with van der Waals surface area (Å²) in [4.78, 5) is 20.1. The van der Waals surface area contributed by atoms with Crippen LogP contribution in [-0.4, -0.2) is 22.4 Å². The lowest BCUT2D eigenvalue weighted by Crippen LogP contribution is -2.45. The summed E-state index contributed by atoms with van der Waals surface area (Å²) in [6.07, 6.45) is 1.29. The number of pyridine rings is 1. The molecule has 0 radical (unpaired) electrons. The Labute approximate surface area is 154 Å². The van der Waals surface area contributed by atoms with Gasteiger partial charge in [-0.25, -0.2) is 18.2 Å². The fourth-order valence-corrected chi connectivity index (χ4v) is 2.96. The van der Waals surface area contributed by atoms with Gasteiger partial charge in [0.2, 0.25) is 0 Å². The van der Waals surface area contributed by atoms with Gasteiger partial charge in [-0.2, -0.15) is 0 Å². The average Bonchev–Trinajstić information content (AvgIpc) is 2.61. The normalized spacial score (nSPS) is 25.0. The molecule has 5 nitrogen and oxygen atoms in total. The quantitative estimate of drug-likeness (QED) is 0.857. The lowest BCUT2D eigenvalue weighted by atomic mass is 9.80. The Morgan fingerprint density at radius 1 is 1.19 bits per heavy atom. The maximum absolute atomic E-state index is 14.5. The molecule has 1 amide bonds. The Bertz CT molecular complexity index is 912. The molecular weight excluding hydrogens is 357 g/mol. The number of carbonyl (C=O) groups is 1. The zero-order valence-corrected chi connectivity index (χ0v) is 14.9. The predicted octanol–water partition coefficient (Wildman–Crippen LogP) is 3.71. The number of halogens is 3. The molecule has 142 valence electrons. The molecule has 1 aliphatic heterocycles. The fourth-order valence-electron chi connectivity index (χ4n) is 2.96. The molecule has 3 rings (SSSR count). The van der Waals surface area contributed by atoms with Crippen molar-refractivity contribution in [3.05, 3.63) is 59.4 Å². The van der Waals surface area contributed by atoms with Crippen LogP contribution in [0.1, 0.15) is 42.7 Å². The van der Waals surface area contributed by atoms with E-state index in [9.17, 15) is 18.0 Å². The monoisotopic (exact) mass is 376 g/mol. The van der Waals surface area contributed by atoms with Gasteiger partial charge >= 0.3 is 0 Å². The van der Waals surface area contributed by atoms with Crippen molar-refractivity contribution in [2.45, 2.75) is 37.9 Å². The van der Waals surface area contributed by atoms with E-state index in [0.717, 1.165) is 12.3 Å². The van der Waals surface area contributed by atoms with Crippen LogP contribution in [0, 0.1) is 11.6 Å². The lowest BCUT2D eigenvalue weighted by molar-refractivity contribution is 0.102. The number of amidine groups is 1. The number of hydrogen-bond donors (Lipinski definition) is 2. The highest BCUT2D eigenvalue weighted by molar-refractivity contribution is 6.02. The molecule has 1 aromatic carbocycles. The van der Waals surface area contributed by atoms with Gasteiger partial charge in [0.25, 0.3) is 5.91 Å². The summed E-state index contributed by atoms with van der Waals surface area (Å²) in [6, 6.07) is 6.38. The molecule has 2 aromatic rings. The first-order valence-electron chi connectivity index (χ1n) is 8.38. The molecule has 1 aromatic heterocycles. The number of carbonyl (C=O) groups excluding carboxylic acids is 1. The number of rotatable bonds is 3. The number of alkyl halides is 1. The van der Waals surface area contributed by atoms with E-state index in [1.165, 1.54) is 31.2 Å². The van der Waals surface area contributed by atoms with Crippen LogP contribution in [0.25, 0.3) is 0 Å². The third-order valence-electron chi connectivity index (χ3n) is 4.75. The summed E-state index contributed by atoms with van der Waals surface area (Å²) in [5.74, 6) is -1.84. The maximum Gasteiger partial charge on any atom is 0.274 e. The first kappa shape index (κ1) is 18.9. The van der Waals surface area contributed by atoms with Crippen LogP contribution in [-0.2, 0) is 5.54 Å². The number of benzene rings is 1. The van der Waals surface area contributed by atoms with E-state index in [-0.39, 0.29) is 29.9 Å². The minimum Gasteiger partial charge on any atom is -0.385 e. The second-order valence-corrected chi connectivity index (χ2v) is 6.98. The topological polar surface area (TPSA) is 80.4 Å². The second kappa shape index (κ2) is 6.68. The van der Waals surface area contributed by atoms with Crippen molar-refractivity contribution in [1.82, 2.24) is 4.98 Å². The van der Waals surface area contributed by atoms with E-state index in [2.05, 4.69) is 15.3 Å². The van der Waals surface area contributed by atoms with Gasteiger partial charge in [0.1, 0.15) is 23.2 Å². The minimum absolute atomic E-state index is 0.0154. The van der Waals surface area contributed by atoms with E-state index >= 15 is 0 Å². The van der Waals surface area contributed by atoms with Crippen LogP contribution in [0.5, 0.6) is 0 Å². The van der Waals surface area contributed by atoms with Gasteiger partial charge in [-0.15, -0.1) is 0 Å². The van der Waals surface area contributed by atoms with E-state index < -0.39 is 28.7 Å². The Morgan fingerprint density at radius 2 is 1.93 bits per heavy atom. The van der Waals surface area contributed by atoms with Crippen molar-refractivity contribution in [1.29, 1.82) is 0 Å². The van der Waals surface area contributed by atoms with Crippen LogP contribution in [0.3, 0.4) is 0 Å². The van der Waals surface area contributed by atoms with Crippen molar-refractivity contribution >= 4 is 17.4 Å². The lowest BCUT2D eigenvalue weighted by Gasteiger charge is -2.36. The largest absolute Gasteiger partial charge is 0.385 e. The van der Waals surface area contributed by atoms with Gasteiger partial charge < -0.3 is 11.1 Å². The molecule has 1 aliphatic rings. The summed E-state index contributed by atoms with van der Waals surface area (Å²) >= 11 is 0. The molecule has 2 atom stereocenters. The highest BCUT2D eigenvalue weighted by Crippen LogP contribution is 2.40. The van der Waals surface area contributed by atoms with Crippen molar-refractivity contribution in [2.75, 3.05) is 5.32 Å². The van der Waals surface area contributed by atoms with Gasteiger partial charge in [-0.1, -0.05) is 0 Å². The SMILES string of the molecule is C[C@]1(F)CC[C@@](C)(c2cc(NC(=O)c3ccc(F)cn3)ccc2F)N=C1N. The Kier molecular flexibility index (Phi) is 4.67. The van der Waals surface area contributed by atoms with Crippen LogP contribution in [0.4, 0.5) is 18.9 Å². The molecule has 0 saturated heterocycles. The number of anilines is 1. The van der Waals surface area contributed by atoms with Crippen molar-refractivity contribution in [2.24, 2.45) is 10.7 Å². The molecule has 0 aliphatic carbocycles. The van der Waals surface area contributed by atoms with Gasteiger partial charge in [-0.05, 0) is 57.0 Å². The van der Waals surface area contributed by atoms with Gasteiger partial charge in [0.15, 0.2) is 5.67 Å². The van der Waals surface area contributed by atoms with Gasteiger partial charge in [0.05, 0.1) is 11.7 Å². The average molecular weight is 376 g/mol. The molecule has 0 bridgehead atoms. The van der Waals surface area contributed by atoms with Crippen molar-refractivity contribution < 1.29 is 18.0 Å². The number of hydrogen-bond acceptors (Lipinski definition) is 4.